The minimum atomic E-state index is -0.728. The fraction of sp³-hybridized carbons (Fsp3) is 0.800. The molecule has 0 aliphatic rings. The summed E-state index contributed by atoms with van der Waals surface area (Å²) in [5.41, 5.74) is 0.427. The highest BCUT2D eigenvalue weighted by molar-refractivity contribution is 5.90. The van der Waals surface area contributed by atoms with Gasteiger partial charge in [-0.05, 0) is 6.42 Å². The lowest BCUT2D eigenvalue weighted by Gasteiger charge is -2.09. The van der Waals surface area contributed by atoms with Crippen molar-refractivity contribution >= 4 is 36.4 Å². The Morgan fingerprint density at radius 2 is 0.866 bits per heavy atom. The highest BCUT2D eigenvalue weighted by Gasteiger charge is 2.10. The van der Waals surface area contributed by atoms with Crippen LogP contribution < -0.4 is 26.6 Å². The van der Waals surface area contributed by atoms with Crippen LogP contribution in [0.2, 0.25) is 0 Å². The summed E-state index contributed by atoms with van der Waals surface area (Å²) < 4.78 is 66.8. The van der Waals surface area contributed by atoms with E-state index in [-0.39, 0.29) is 32.8 Å². The molecule has 0 bridgehead atoms. The first-order valence-electron chi connectivity index (χ1n) is 22.1. The smallest absolute Gasteiger partial charge is 0.407 e. The molecular weight excluding hydrogens is 894 g/mol. The van der Waals surface area contributed by atoms with Gasteiger partial charge in [0, 0.05) is 26.4 Å². The van der Waals surface area contributed by atoms with Gasteiger partial charge >= 0.3 is 6.09 Å². The van der Waals surface area contributed by atoms with Gasteiger partial charge in [0.25, 0.3) is 5.91 Å². The van der Waals surface area contributed by atoms with Crippen LogP contribution in [0, 0.1) is 0 Å². The predicted molar refractivity (Wildman–Crippen MR) is 235 cm³/mol. The summed E-state index contributed by atoms with van der Waals surface area (Å²) in [6, 6.07) is 0. The number of alkyl carbamates (subject to hydrolysis) is 1. The van der Waals surface area contributed by atoms with Gasteiger partial charge < -0.3 is 88.3 Å². The van der Waals surface area contributed by atoms with Gasteiger partial charge in [-0.25, -0.2) is 9.48 Å². The highest BCUT2D eigenvalue weighted by atomic mass is 16.6. The Morgan fingerprint density at radius 3 is 1.27 bits per heavy atom. The number of carbonyl (C=O) groups excluding carboxylic acids is 5. The van der Waals surface area contributed by atoms with Crippen molar-refractivity contribution in [1.29, 1.82) is 0 Å². The lowest BCUT2D eigenvalue weighted by atomic mass is 10.4. The molecule has 0 radical (unpaired) electrons. The van der Waals surface area contributed by atoms with Crippen molar-refractivity contribution in [2.75, 3.05) is 185 Å². The van der Waals surface area contributed by atoms with Crippen LogP contribution in [0.15, 0.2) is 11.4 Å². The summed E-state index contributed by atoms with van der Waals surface area (Å²) >= 11 is 0. The predicted octanol–water partition coefficient (Wildman–Crippen LogP) is -2.81. The summed E-state index contributed by atoms with van der Waals surface area (Å²) in [6.45, 7) is 14.8. The lowest BCUT2D eigenvalue weighted by Crippen LogP contribution is -2.45. The van der Waals surface area contributed by atoms with Crippen molar-refractivity contribution in [1.82, 2.24) is 41.6 Å². The highest BCUT2D eigenvalue weighted by Crippen LogP contribution is 1.97. The van der Waals surface area contributed by atoms with Crippen LogP contribution in [0.1, 0.15) is 19.0 Å². The maximum Gasteiger partial charge on any atom is 0.407 e. The molecule has 0 saturated heterocycles. The van der Waals surface area contributed by atoms with E-state index >= 15 is 0 Å². The van der Waals surface area contributed by atoms with Crippen molar-refractivity contribution < 1.29 is 85.7 Å². The molecule has 0 aliphatic heterocycles. The second kappa shape index (κ2) is 46.4. The number of ether oxygens (including phenoxy) is 12. The van der Waals surface area contributed by atoms with E-state index in [1.807, 2.05) is 0 Å². The normalized spacial score (nSPS) is 10.9. The quantitative estimate of drug-likeness (QED) is 0.0250. The van der Waals surface area contributed by atoms with E-state index in [2.05, 4.69) is 60.5 Å². The zero-order chi connectivity index (χ0) is 48.5. The molecule has 0 aromatic carbocycles. The molecule has 0 saturated carbocycles. The minimum absolute atomic E-state index is 0.0578. The maximum absolute atomic E-state index is 12.0. The Morgan fingerprint density at radius 1 is 0.507 bits per heavy atom. The van der Waals surface area contributed by atoms with E-state index in [1.165, 1.54) is 0 Å². The molecule has 1 heterocycles. The SMILES string of the molecule is C=NOCC(=O)NCC(=O)NCC(=O)NCC(=O)NCCNC(=O)OCc1cn(CCOCCOCCOCCOCCOCCOCCOCCOCCOCCOCCOCCC)nn1. The zero-order valence-corrected chi connectivity index (χ0v) is 38.8. The average Bonchev–Trinajstić information content (AvgIpc) is 3.79. The summed E-state index contributed by atoms with van der Waals surface area (Å²) in [7, 11) is 0. The van der Waals surface area contributed by atoms with Crippen LogP contribution in [-0.4, -0.2) is 236 Å². The topological polar surface area (TPSA) is 309 Å². The van der Waals surface area contributed by atoms with Gasteiger partial charge in [-0.1, -0.05) is 12.1 Å². The Kier molecular flexibility index (Phi) is 41.8. The van der Waals surface area contributed by atoms with Crippen molar-refractivity contribution in [3.05, 3.63) is 11.9 Å². The monoisotopic (exact) mass is 968 g/mol. The van der Waals surface area contributed by atoms with Crippen molar-refractivity contribution in [2.45, 2.75) is 26.5 Å². The second-order valence-electron chi connectivity index (χ2n) is 13.3. The first kappa shape index (κ1) is 60.3. The largest absolute Gasteiger partial charge is 0.443 e. The molecule has 5 amide bonds. The Balaban J connectivity index is 1.81. The van der Waals surface area contributed by atoms with Crippen LogP contribution in [-0.2, 0) is 94.0 Å². The maximum atomic E-state index is 12.0. The number of hydrogen-bond donors (Lipinski definition) is 5. The van der Waals surface area contributed by atoms with E-state index in [0.29, 0.717) is 151 Å². The first-order chi connectivity index (χ1) is 32.8. The number of hydrogen-bond acceptors (Lipinski definition) is 21. The molecule has 27 nitrogen and oxygen atoms in total. The number of oxime groups is 1. The summed E-state index contributed by atoms with van der Waals surface area (Å²) in [4.78, 5) is 63.1. The molecule has 0 fully saturated rings. The minimum Gasteiger partial charge on any atom is -0.443 e. The molecule has 1 aromatic heterocycles. The van der Waals surface area contributed by atoms with Crippen molar-refractivity contribution in [2.24, 2.45) is 5.16 Å². The molecular formula is C40H73N9O18. The number of carbonyl (C=O) groups is 5. The number of aromatic nitrogens is 3. The van der Waals surface area contributed by atoms with Crippen molar-refractivity contribution in [3.8, 4) is 0 Å². The van der Waals surface area contributed by atoms with E-state index in [9.17, 15) is 24.0 Å². The number of nitrogens with one attached hydrogen (secondary N) is 5. The number of nitrogens with zero attached hydrogens (tertiary/aromatic N) is 4. The van der Waals surface area contributed by atoms with Gasteiger partial charge in [0.05, 0.1) is 171 Å². The van der Waals surface area contributed by atoms with E-state index in [0.717, 1.165) is 13.0 Å². The van der Waals surface area contributed by atoms with E-state index in [4.69, 9.17) is 56.8 Å². The summed E-state index contributed by atoms with van der Waals surface area (Å²) in [5, 5.41) is 22.8. The third kappa shape index (κ3) is 42.4. The van der Waals surface area contributed by atoms with Crippen LogP contribution in [0.3, 0.4) is 0 Å². The van der Waals surface area contributed by atoms with Crippen LogP contribution >= 0.6 is 0 Å². The van der Waals surface area contributed by atoms with Crippen LogP contribution in [0.5, 0.6) is 0 Å². The van der Waals surface area contributed by atoms with Crippen molar-refractivity contribution in [3.63, 3.8) is 0 Å². The molecule has 386 valence electrons. The van der Waals surface area contributed by atoms with Gasteiger partial charge in [-0.2, -0.15) is 0 Å². The standard InChI is InChI=1S/C40H73N9O18/c1-3-7-55-9-11-57-13-15-59-17-19-61-21-23-63-25-27-65-28-26-64-24-22-62-20-18-60-16-14-58-12-10-56-8-6-49-32-35(47-48-49)33-66-40(54)43-5-4-42-36(50)29-44-37(51)30-45-38(52)31-46-39(53)34-67-41-2/h32H,2-31,33-34H2,1H3,(H,42,50)(H,43,54)(H,44,51)(H,45,52)(H,46,53). The van der Waals surface area contributed by atoms with Crippen LogP contribution in [0.25, 0.3) is 0 Å². The third-order valence-electron chi connectivity index (χ3n) is 7.81. The van der Waals surface area contributed by atoms with Gasteiger partial charge in [-0.15, -0.1) is 10.3 Å². The number of amides is 5. The third-order valence-corrected chi connectivity index (χ3v) is 7.81. The Labute approximate surface area is 391 Å². The zero-order valence-electron chi connectivity index (χ0n) is 38.8. The Hall–Kier alpha value is -4.68. The first-order valence-corrected chi connectivity index (χ1v) is 22.1. The van der Waals surface area contributed by atoms with Gasteiger partial charge in [-0.3, -0.25) is 19.2 Å². The van der Waals surface area contributed by atoms with E-state index in [1.54, 1.807) is 10.9 Å². The summed E-state index contributed by atoms with van der Waals surface area (Å²) in [5.74, 6) is -2.37. The molecule has 1 rings (SSSR count). The molecule has 67 heavy (non-hydrogen) atoms. The van der Waals surface area contributed by atoms with Gasteiger partial charge in [0.2, 0.25) is 17.7 Å². The van der Waals surface area contributed by atoms with Gasteiger partial charge in [0.15, 0.2) is 6.61 Å². The molecule has 0 aliphatic carbocycles. The van der Waals surface area contributed by atoms with E-state index < -0.39 is 42.9 Å². The van der Waals surface area contributed by atoms with Crippen LogP contribution in [0.4, 0.5) is 4.79 Å². The fourth-order valence-corrected chi connectivity index (χ4v) is 4.55. The second-order valence-corrected chi connectivity index (χ2v) is 13.3. The lowest BCUT2D eigenvalue weighted by molar-refractivity contribution is -0.130. The summed E-state index contributed by atoms with van der Waals surface area (Å²) in [6.07, 6.45) is 1.90. The molecule has 0 atom stereocenters. The van der Waals surface area contributed by atoms with Gasteiger partial charge in [0.1, 0.15) is 12.3 Å². The fourth-order valence-electron chi connectivity index (χ4n) is 4.55. The molecule has 5 N–H and O–H groups in total. The number of rotatable bonds is 49. The molecule has 1 aromatic rings. The molecule has 0 spiro atoms. The molecule has 0 unspecified atom stereocenters. The average molecular weight is 968 g/mol. The Bertz CT molecular complexity index is 1400. The molecule has 27 heteroatoms.